The highest BCUT2D eigenvalue weighted by atomic mass is 16.6. The molecule has 0 aromatic carbocycles. The minimum atomic E-state index is -0.154. The van der Waals surface area contributed by atoms with Crippen LogP contribution in [0.5, 0.6) is 0 Å². The average Bonchev–Trinajstić information content (AvgIpc) is 2.95. The molecule has 2 saturated carbocycles. The van der Waals surface area contributed by atoms with E-state index >= 15 is 0 Å². The molecule has 0 spiro atoms. The van der Waals surface area contributed by atoms with Crippen molar-refractivity contribution < 1.29 is 9.53 Å². The number of rotatable bonds is 3. The molecule has 2 aliphatic carbocycles. The first kappa shape index (κ1) is 10.4. The normalized spacial score (nSPS) is 41.8. The van der Waals surface area contributed by atoms with Crippen molar-refractivity contribution in [3.05, 3.63) is 0 Å². The lowest BCUT2D eigenvalue weighted by molar-refractivity contribution is 0.131. The summed E-state index contributed by atoms with van der Waals surface area (Å²) in [6.45, 7) is 2.04. The van der Waals surface area contributed by atoms with E-state index in [0.717, 1.165) is 24.3 Å². The minimum absolute atomic E-state index is 0.0777. The smallest absolute Gasteiger partial charge is 0.410 e. The first-order chi connectivity index (χ1) is 7.76. The van der Waals surface area contributed by atoms with Crippen LogP contribution in [0.1, 0.15) is 25.7 Å². The molecule has 1 amide bonds. The van der Waals surface area contributed by atoms with Crippen LogP contribution in [0.15, 0.2) is 0 Å². The van der Waals surface area contributed by atoms with Crippen molar-refractivity contribution in [2.75, 3.05) is 19.6 Å². The first-order valence-electron chi connectivity index (χ1n) is 6.42. The Balaban J connectivity index is 1.57. The molecule has 2 N–H and O–H groups in total. The van der Waals surface area contributed by atoms with Crippen molar-refractivity contribution in [1.82, 2.24) is 4.90 Å². The zero-order valence-corrected chi connectivity index (χ0v) is 9.60. The van der Waals surface area contributed by atoms with E-state index in [0.29, 0.717) is 13.1 Å². The Kier molecular flexibility index (Phi) is 2.54. The average molecular weight is 224 g/mol. The largest absolute Gasteiger partial charge is 0.443 e. The van der Waals surface area contributed by atoms with Gasteiger partial charge >= 0.3 is 6.09 Å². The van der Waals surface area contributed by atoms with Crippen molar-refractivity contribution in [1.29, 1.82) is 0 Å². The molecule has 0 radical (unpaired) electrons. The molecule has 3 fully saturated rings. The van der Waals surface area contributed by atoms with E-state index in [1.54, 1.807) is 0 Å². The van der Waals surface area contributed by atoms with Crippen molar-refractivity contribution in [3.63, 3.8) is 0 Å². The molecule has 4 atom stereocenters. The van der Waals surface area contributed by atoms with E-state index in [-0.39, 0.29) is 12.2 Å². The van der Waals surface area contributed by atoms with Gasteiger partial charge in [-0.15, -0.1) is 0 Å². The number of fused-ring (bicyclic) bond motifs is 2. The lowest BCUT2D eigenvalue weighted by Crippen LogP contribution is -2.33. The lowest BCUT2D eigenvalue weighted by Gasteiger charge is -2.25. The zero-order chi connectivity index (χ0) is 11.1. The molecule has 4 nitrogen and oxygen atoms in total. The second kappa shape index (κ2) is 3.91. The number of carbonyl (C=O) groups is 1. The maximum Gasteiger partial charge on any atom is 0.410 e. The summed E-state index contributed by atoms with van der Waals surface area (Å²) in [6, 6.07) is 0. The van der Waals surface area contributed by atoms with Gasteiger partial charge in [-0.25, -0.2) is 4.79 Å². The van der Waals surface area contributed by atoms with E-state index in [2.05, 4.69) is 0 Å². The van der Waals surface area contributed by atoms with Gasteiger partial charge in [-0.1, -0.05) is 6.42 Å². The number of carbonyl (C=O) groups excluding carboxylic acids is 1. The van der Waals surface area contributed by atoms with E-state index in [1.165, 1.54) is 25.7 Å². The van der Waals surface area contributed by atoms with Crippen LogP contribution < -0.4 is 5.73 Å². The van der Waals surface area contributed by atoms with E-state index in [1.807, 2.05) is 4.90 Å². The fourth-order valence-electron chi connectivity index (χ4n) is 3.73. The molecular formula is C12H20N2O2. The molecule has 16 heavy (non-hydrogen) atoms. The highest BCUT2D eigenvalue weighted by molar-refractivity contribution is 5.69. The number of nitrogens with zero attached hydrogens (tertiary/aromatic N) is 1. The van der Waals surface area contributed by atoms with Crippen molar-refractivity contribution in [2.24, 2.45) is 23.5 Å². The standard InChI is InChI=1S/C12H20N2O2/c13-5-11-7-14(12(15)16-11)6-10-4-8-1-2-9(10)3-8/h8-11H,1-7,13H2. The maximum atomic E-state index is 11.6. The first-order valence-corrected chi connectivity index (χ1v) is 6.42. The Hall–Kier alpha value is -0.770. The molecule has 4 heteroatoms. The number of amides is 1. The molecule has 4 unspecified atom stereocenters. The van der Waals surface area contributed by atoms with Gasteiger partial charge in [0.15, 0.2) is 0 Å². The highest BCUT2D eigenvalue weighted by Gasteiger charge is 2.42. The third kappa shape index (κ3) is 1.69. The van der Waals surface area contributed by atoms with Gasteiger partial charge in [0.1, 0.15) is 6.10 Å². The minimum Gasteiger partial charge on any atom is -0.443 e. The molecule has 0 aromatic rings. The molecule has 1 aliphatic heterocycles. The number of cyclic esters (lactones) is 1. The summed E-state index contributed by atoms with van der Waals surface area (Å²) in [7, 11) is 0. The predicted octanol–water partition coefficient (Wildman–Crippen LogP) is 1.20. The van der Waals surface area contributed by atoms with Crippen molar-refractivity contribution >= 4 is 6.09 Å². The molecule has 90 valence electrons. The Bertz CT molecular complexity index is 295. The molecule has 2 bridgehead atoms. The maximum absolute atomic E-state index is 11.6. The molecule has 1 saturated heterocycles. The Morgan fingerprint density at radius 3 is 2.81 bits per heavy atom. The van der Waals surface area contributed by atoms with Gasteiger partial charge in [0.25, 0.3) is 0 Å². The molecule has 0 aromatic heterocycles. The van der Waals surface area contributed by atoms with Gasteiger partial charge in [-0.05, 0) is 37.0 Å². The van der Waals surface area contributed by atoms with Crippen LogP contribution in [0.4, 0.5) is 4.79 Å². The second-order valence-corrected chi connectivity index (χ2v) is 5.58. The van der Waals surface area contributed by atoms with Crippen LogP contribution in [-0.4, -0.2) is 36.7 Å². The molecular weight excluding hydrogens is 204 g/mol. The summed E-state index contributed by atoms with van der Waals surface area (Å²) in [4.78, 5) is 13.4. The number of hydrogen-bond acceptors (Lipinski definition) is 3. The second-order valence-electron chi connectivity index (χ2n) is 5.58. The van der Waals surface area contributed by atoms with E-state index < -0.39 is 0 Å². The summed E-state index contributed by atoms with van der Waals surface area (Å²) in [5.74, 6) is 2.54. The number of nitrogens with two attached hydrogens (primary N) is 1. The van der Waals surface area contributed by atoms with Gasteiger partial charge in [-0.3, -0.25) is 0 Å². The van der Waals surface area contributed by atoms with Crippen molar-refractivity contribution in [2.45, 2.75) is 31.8 Å². The lowest BCUT2D eigenvalue weighted by atomic mass is 9.88. The van der Waals surface area contributed by atoms with Crippen LogP contribution in [0.2, 0.25) is 0 Å². The van der Waals surface area contributed by atoms with Gasteiger partial charge < -0.3 is 15.4 Å². The molecule has 1 heterocycles. The predicted molar refractivity (Wildman–Crippen MR) is 59.8 cm³/mol. The third-order valence-corrected chi connectivity index (χ3v) is 4.55. The molecule has 3 rings (SSSR count). The van der Waals surface area contributed by atoms with Crippen LogP contribution >= 0.6 is 0 Å². The SMILES string of the molecule is NCC1CN(CC2CC3CCC2C3)C(=O)O1. The van der Waals surface area contributed by atoms with Crippen LogP contribution in [0.25, 0.3) is 0 Å². The van der Waals surface area contributed by atoms with Crippen LogP contribution in [0, 0.1) is 17.8 Å². The fourth-order valence-corrected chi connectivity index (χ4v) is 3.73. The monoisotopic (exact) mass is 224 g/mol. The van der Waals surface area contributed by atoms with Crippen molar-refractivity contribution in [3.8, 4) is 0 Å². The summed E-state index contributed by atoms with van der Waals surface area (Å²) >= 11 is 0. The van der Waals surface area contributed by atoms with E-state index in [4.69, 9.17) is 10.5 Å². The Morgan fingerprint density at radius 2 is 2.25 bits per heavy atom. The summed E-state index contributed by atoms with van der Waals surface area (Å²) in [5.41, 5.74) is 5.52. The van der Waals surface area contributed by atoms with E-state index in [9.17, 15) is 4.79 Å². The van der Waals surface area contributed by atoms with Gasteiger partial charge in [0.05, 0.1) is 6.54 Å². The summed E-state index contributed by atoms with van der Waals surface area (Å²) in [6.07, 6.45) is 5.27. The van der Waals surface area contributed by atoms with Gasteiger partial charge in [-0.2, -0.15) is 0 Å². The number of hydrogen-bond donors (Lipinski definition) is 1. The fraction of sp³-hybridized carbons (Fsp3) is 0.917. The quantitative estimate of drug-likeness (QED) is 0.783. The summed E-state index contributed by atoms with van der Waals surface area (Å²) in [5, 5.41) is 0. The summed E-state index contributed by atoms with van der Waals surface area (Å²) < 4.78 is 5.18. The third-order valence-electron chi connectivity index (χ3n) is 4.55. The van der Waals surface area contributed by atoms with Gasteiger partial charge in [0, 0.05) is 13.1 Å². The molecule has 3 aliphatic rings. The van der Waals surface area contributed by atoms with Gasteiger partial charge in [0.2, 0.25) is 0 Å². The van der Waals surface area contributed by atoms with Crippen LogP contribution in [0.3, 0.4) is 0 Å². The number of ether oxygens (including phenoxy) is 1. The topological polar surface area (TPSA) is 55.6 Å². The highest BCUT2D eigenvalue weighted by Crippen LogP contribution is 2.48. The Morgan fingerprint density at radius 1 is 1.38 bits per heavy atom. The van der Waals surface area contributed by atoms with Crippen LogP contribution in [-0.2, 0) is 4.74 Å². The zero-order valence-electron chi connectivity index (χ0n) is 9.60. The Labute approximate surface area is 96.1 Å².